The van der Waals surface area contributed by atoms with Gasteiger partial charge in [-0.1, -0.05) is 13.8 Å². The zero-order valence-corrected chi connectivity index (χ0v) is 12.2. The van der Waals surface area contributed by atoms with Crippen LogP contribution in [0.2, 0.25) is 0 Å². The lowest BCUT2D eigenvalue weighted by atomic mass is 9.80. The lowest BCUT2D eigenvalue weighted by Crippen LogP contribution is -2.42. The summed E-state index contributed by atoms with van der Waals surface area (Å²) in [5.74, 6) is 1.02. The molecule has 1 aliphatic rings. The van der Waals surface area contributed by atoms with E-state index < -0.39 is 0 Å². The Morgan fingerprint density at radius 2 is 1.95 bits per heavy atom. The Balaban J connectivity index is 1.76. The van der Waals surface area contributed by atoms with Gasteiger partial charge in [-0.3, -0.25) is 4.79 Å². The Morgan fingerprint density at radius 3 is 2.60 bits per heavy atom. The predicted molar refractivity (Wildman–Crippen MR) is 79.0 cm³/mol. The molecule has 3 unspecified atom stereocenters. The van der Waals surface area contributed by atoms with Crippen LogP contribution in [-0.2, 0) is 4.79 Å². The van der Waals surface area contributed by atoms with Gasteiger partial charge < -0.3 is 10.6 Å². The molecule has 1 fully saturated rings. The van der Waals surface area contributed by atoms with Crippen molar-refractivity contribution in [3.63, 3.8) is 0 Å². The summed E-state index contributed by atoms with van der Waals surface area (Å²) in [5, 5.41) is 6.10. The molecule has 0 aliphatic heterocycles. The van der Waals surface area contributed by atoms with Crippen molar-refractivity contribution in [2.75, 3.05) is 11.9 Å². The molecule has 110 valence electrons. The van der Waals surface area contributed by atoms with Crippen molar-refractivity contribution in [1.82, 2.24) is 5.32 Å². The van der Waals surface area contributed by atoms with Gasteiger partial charge in [0.05, 0.1) is 6.54 Å². The quantitative estimate of drug-likeness (QED) is 0.888. The fourth-order valence-electron chi connectivity index (χ4n) is 2.93. The molecule has 1 amide bonds. The van der Waals surface area contributed by atoms with E-state index in [0.717, 1.165) is 12.3 Å². The Bertz CT molecular complexity index is 446. The standard InChI is InChI=1S/C16H23FN2O/c1-11-3-8-15(12(2)9-11)18-10-16(20)19-14-6-4-13(17)5-7-14/h4-7,11-12,15,18H,3,8-10H2,1-2H3,(H,19,20). The highest BCUT2D eigenvalue weighted by Gasteiger charge is 2.25. The second-order valence-electron chi connectivity index (χ2n) is 5.94. The summed E-state index contributed by atoms with van der Waals surface area (Å²) >= 11 is 0. The van der Waals surface area contributed by atoms with E-state index in [2.05, 4.69) is 24.5 Å². The second kappa shape index (κ2) is 6.84. The number of amides is 1. The molecule has 2 rings (SSSR count). The maximum absolute atomic E-state index is 12.8. The van der Waals surface area contributed by atoms with Gasteiger partial charge in [0.15, 0.2) is 0 Å². The molecule has 0 saturated heterocycles. The fraction of sp³-hybridized carbons (Fsp3) is 0.562. The summed E-state index contributed by atoms with van der Waals surface area (Å²) in [4.78, 5) is 11.8. The smallest absolute Gasteiger partial charge is 0.238 e. The number of halogens is 1. The SMILES string of the molecule is CC1CCC(NCC(=O)Nc2ccc(F)cc2)C(C)C1. The van der Waals surface area contributed by atoms with Crippen molar-refractivity contribution in [2.24, 2.45) is 11.8 Å². The molecular formula is C16H23FN2O. The first-order valence-electron chi connectivity index (χ1n) is 7.33. The molecular weight excluding hydrogens is 255 g/mol. The fourth-order valence-corrected chi connectivity index (χ4v) is 2.93. The van der Waals surface area contributed by atoms with E-state index in [9.17, 15) is 9.18 Å². The van der Waals surface area contributed by atoms with Gasteiger partial charge in [-0.05, 0) is 55.4 Å². The number of carbonyl (C=O) groups excluding carboxylic acids is 1. The summed E-state index contributed by atoms with van der Waals surface area (Å²) in [6, 6.07) is 6.24. The van der Waals surface area contributed by atoms with E-state index in [1.165, 1.54) is 25.0 Å². The second-order valence-corrected chi connectivity index (χ2v) is 5.94. The molecule has 1 aliphatic carbocycles. The van der Waals surface area contributed by atoms with Gasteiger partial charge in [-0.25, -0.2) is 4.39 Å². The first-order chi connectivity index (χ1) is 9.54. The van der Waals surface area contributed by atoms with E-state index in [0.29, 0.717) is 24.2 Å². The third-order valence-corrected chi connectivity index (χ3v) is 4.08. The Kier molecular flexibility index (Phi) is 5.12. The third kappa shape index (κ3) is 4.30. The molecule has 20 heavy (non-hydrogen) atoms. The van der Waals surface area contributed by atoms with Crippen molar-refractivity contribution < 1.29 is 9.18 Å². The summed E-state index contributed by atoms with van der Waals surface area (Å²) in [6.45, 7) is 4.83. The van der Waals surface area contributed by atoms with Gasteiger partial charge in [-0.15, -0.1) is 0 Å². The van der Waals surface area contributed by atoms with Crippen LogP contribution in [0.1, 0.15) is 33.1 Å². The highest BCUT2D eigenvalue weighted by atomic mass is 19.1. The highest BCUT2D eigenvalue weighted by molar-refractivity contribution is 5.92. The first-order valence-corrected chi connectivity index (χ1v) is 7.33. The molecule has 4 heteroatoms. The van der Waals surface area contributed by atoms with Crippen LogP contribution in [-0.4, -0.2) is 18.5 Å². The van der Waals surface area contributed by atoms with Crippen LogP contribution in [0, 0.1) is 17.7 Å². The lowest BCUT2D eigenvalue weighted by molar-refractivity contribution is -0.115. The van der Waals surface area contributed by atoms with E-state index in [1.54, 1.807) is 12.1 Å². The minimum Gasteiger partial charge on any atom is -0.325 e. The summed E-state index contributed by atoms with van der Waals surface area (Å²) in [6.07, 6.45) is 3.57. The third-order valence-electron chi connectivity index (χ3n) is 4.08. The number of hydrogen-bond acceptors (Lipinski definition) is 2. The number of rotatable bonds is 4. The highest BCUT2D eigenvalue weighted by Crippen LogP contribution is 2.28. The largest absolute Gasteiger partial charge is 0.325 e. The van der Waals surface area contributed by atoms with Crippen LogP contribution in [0.4, 0.5) is 10.1 Å². The van der Waals surface area contributed by atoms with Crippen LogP contribution >= 0.6 is 0 Å². The summed E-state index contributed by atoms with van der Waals surface area (Å²) < 4.78 is 12.8. The number of carbonyl (C=O) groups is 1. The number of benzene rings is 1. The number of hydrogen-bond donors (Lipinski definition) is 2. The zero-order valence-electron chi connectivity index (χ0n) is 12.2. The van der Waals surface area contributed by atoms with Crippen molar-refractivity contribution in [3.05, 3.63) is 30.1 Å². The van der Waals surface area contributed by atoms with Crippen LogP contribution < -0.4 is 10.6 Å². The van der Waals surface area contributed by atoms with Gasteiger partial charge in [-0.2, -0.15) is 0 Å². The molecule has 0 bridgehead atoms. The van der Waals surface area contributed by atoms with Crippen molar-refractivity contribution >= 4 is 11.6 Å². The maximum atomic E-state index is 12.8. The zero-order chi connectivity index (χ0) is 14.5. The van der Waals surface area contributed by atoms with Gasteiger partial charge in [0.2, 0.25) is 5.91 Å². The molecule has 0 radical (unpaired) electrons. The van der Waals surface area contributed by atoms with Crippen LogP contribution in [0.3, 0.4) is 0 Å². The van der Waals surface area contributed by atoms with Crippen molar-refractivity contribution in [1.29, 1.82) is 0 Å². The predicted octanol–water partition coefficient (Wildman–Crippen LogP) is 3.18. The van der Waals surface area contributed by atoms with Gasteiger partial charge in [0.25, 0.3) is 0 Å². The average molecular weight is 278 g/mol. The van der Waals surface area contributed by atoms with Gasteiger partial charge in [0, 0.05) is 11.7 Å². The molecule has 1 aromatic carbocycles. The average Bonchev–Trinajstić information content (AvgIpc) is 2.40. The first kappa shape index (κ1) is 15.0. The van der Waals surface area contributed by atoms with Crippen LogP contribution in [0.5, 0.6) is 0 Å². The Hall–Kier alpha value is -1.42. The molecule has 0 aromatic heterocycles. The minimum atomic E-state index is -0.300. The van der Waals surface area contributed by atoms with Gasteiger partial charge in [0.1, 0.15) is 5.82 Å². The van der Waals surface area contributed by atoms with Gasteiger partial charge >= 0.3 is 0 Å². The molecule has 3 atom stereocenters. The van der Waals surface area contributed by atoms with Crippen molar-refractivity contribution in [2.45, 2.75) is 39.2 Å². The van der Waals surface area contributed by atoms with Crippen molar-refractivity contribution in [3.8, 4) is 0 Å². The monoisotopic (exact) mass is 278 g/mol. The molecule has 0 heterocycles. The molecule has 1 aromatic rings. The lowest BCUT2D eigenvalue weighted by Gasteiger charge is -2.33. The molecule has 2 N–H and O–H groups in total. The number of anilines is 1. The van der Waals surface area contributed by atoms with E-state index >= 15 is 0 Å². The van der Waals surface area contributed by atoms with Crippen LogP contribution in [0.25, 0.3) is 0 Å². The van der Waals surface area contributed by atoms with E-state index in [4.69, 9.17) is 0 Å². The molecule has 1 saturated carbocycles. The summed E-state index contributed by atoms with van der Waals surface area (Å²) in [7, 11) is 0. The number of nitrogens with one attached hydrogen (secondary N) is 2. The van der Waals surface area contributed by atoms with E-state index in [1.807, 2.05) is 0 Å². The molecule has 3 nitrogen and oxygen atoms in total. The minimum absolute atomic E-state index is 0.0811. The molecule has 0 spiro atoms. The van der Waals surface area contributed by atoms with Crippen LogP contribution in [0.15, 0.2) is 24.3 Å². The summed E-state index contributed by atoms with van der Waals surface area (Å²) in [5.41, 5.74) is 0.628. The van der Waals surface area contributed by atoms with E-state index in [-0.39, 0.29) is 11.7 Å². The Morgan fingerprint density at radius 1 is 1.25 bits per heavy atom. The topological polar surface area (TPSA) is 41.1 Å². The Labute approximate surface area is 120 Å². The maximum Gasteiger partial charge on any atom is 0.238 e. The normalized spacial score (nSPS) is 26.2.